The smallest absolute Gasteiger partial charge is 0.225 e. The molecule has 2 fully saturated rings. The minimum absolute atomic E-state index is 0.0778. The zero-order valence-corrected chi connectivity index (χ0v) is 14.6. The van der Waals surface area contributed by atoms with E-state index in [0.29, 0.717) is 11.8 Å². The third kappa shape index (κ3) is 4.25. The van der Waals surface area contributed by atoms with Crippen LogP contribution in [-0.2, 0) is 9.59 Å². The maximum Gasteiger partial charge on any atom is 0.225 e. The standard InChI is InChI=1S/2C10H9ClO/c2*11-10(12)9-6-8(9)7-4-2-1-3-5-7/h2*1-5,8-9H,6H2/t2*8-,9+/m10/s1. The molecule has 0 saturated heterocycles. The van der Waals surface area contributed by atoms with Crippen LogP contribution in [0.3, 0.4) is 0 Å². The van der Waals surface area contributed by atoms with Gasteiger partial charge in [-0.05, 0) is 59.0 Å². The number of benzene rings is 2. The molecule has 0 unspecified atom stereocenters. The molecule has 24 heavy (non-hydrogen) atoms. The second-order valence-corrected chi connectivity index (χ2v) is 7.07. The molecule has 4 atom stereocenters. The zero-order valence-electron chi connectivity index (χ0n) is 13.1. The lowest BCUT2D eigenvalue weighted by Gasteiger charge is -1.95. The predicted octanol–water partition coefficient (Wildman–Crippen LogP) is 5.11. The molecule has 2 aliphatic rings. The topological polar surface area (TPSA) is 34.1 Å². The Morgan fingerprint density at radius 1 is 0.667 bits per heavy atom. The van der Waals surface area contributed by atoms with Crippen LogP contribution in [0.4, 0.5) is 0 Å². The van der Waals surface area contributed by atoms with E-state index < -0.39 is 0 Å². The van der Waals surface area contributed by atoms with Gasteiger partial charge in [0.15, 0.2) is 0 Å². The van der Waals surface area contributed by atoms with Crippen LogP contribution >= 0.6 is 23.2 Å². The van der Waals surface area contributed by atoms with Crippen LogP contribution < -0.4 is 0 Å². The summed E-state index contributed by atoms with van der Waals surface area (Å²) < 4.78 is 0. The van der Waals surface area contributed by atoms with Crippen LogP contribution in [0.1, 0.15) is 35.8 Å². The van der Waals surface area contributed by atoms with Gasteiger partial charge >= 0.3 is 0 Å². The fraction of sp³-hybridized carbons (Fsp3) is 0.300. The van der Waals surface area contributed by atoms with Crippen LogP contribution in [-0.4, -0.2) is 10.5 Å². The molecule has 2 saturated carbocycles. The molecule has 0 radical (unpaired) electrons. The largest absolute Gasteiger partial charge is 0.281 e. The second kappa shape index (κ2) is 7.50. The first kappa shape index (κ1) is 17.2. The lowest BCUT2D eigenvalue weighted by molar-refractivity contribution is -0.113. The molecule has 0 spiro atoms. The van der Waals surface area contributed by atoms with Crippen molar-refractivity contribution in [2.45, 2.75) is 24.7 Å². The van der Waals surface area contributed by atoms with E-state index in [1.807, 2.05) is 60.7 Å². The van der Waals surface area contributed by atoms with E-state index in [2.05, 4.69) is 0 Å². The molecular weight excluding hydrogens is 343 g/mol. The highest BCUT2D eigenvalue weighted by Gasteiger charge is 2.43. The predicted molar refractivity (Wildman–Crippen MR) is 96.3 cm³/mol. The molecule has 0 amide bonds. The number of rotatable bonds is 4. The molecule has 0 heterocycles. The van der Waals surface area contributed by atoms with Gasteiger partial charge in [-0.2, -0.15) is 0 Å². The zero-order chi connectivity index (χ0) is 17.1. The highest BCUT2D eigenvalue weighted by Crippen LogP contribution is 2.49. The van der Waals surface area contributed by atoms with Crippen molar-refractivity contribution in [3.05, 3.63) is 71.8 Å². The van der Waals surface area contributed by atoms with Gasteiger partial charge in [-0.15, -0.1) is 0 Å². The molecule has 2 aromatic carbocycles. The Morgan fingerprint density at radius 3 is 1.25 bits per heavy atom. The van der Waals surface area contributed by atoms with Crippen molar-refractivity contribution in [2.75, 3.05) is 0 Å². The quantitative estimate of drug-likeness (QED) is 0.709. The highest BCUT2D eigenvalue weighted by molar-refractivity contribution is 6.64. The van der Waals surface area contributed by atoms with Gasteiger partial charge in [-0.3, -0.25) is 9.59 Å². The van der Waals surface area contributed by atoms with Crippen LogP contribution in [0.5, 0.6) is 0 Å². The Balaban J connectivity index is 0.000000141. The molecule has 124 valence electrons. The van der Waals surface area contributed by atoms with E-state index in [1.165, 1.54) is 11.1 Å². The van der Waals surface area contributed by atoms with E-state index in [0.717, 1.165) is 12.8 Å². The van der Waals surface area contributed by atoms with Crippen LogP contribution in [0.25, 0.3) is 0 Å². The summed E-state index contributed by atoms with van der Waals surface area (Å²) in [4.78, 5) is 21.5. The van der Waals surface area contributed by atoms with Gasteiger partial charge < -0.3 is 0 Å². The number of carbonyl (C=O) groups is 2. The first-order valence-corrected chi connectivity index (χ1v) is 8.82. The number of carbonyl (C=O) groups excluding carboxylic acids is 2. The average molecular weight is 361 g/mol. The highest BCUT2D eigenvalue weighted by atomic mass is 35.5. The molecule has 0 aromatic heterocycles. The van der Waals surface area contributed by atoms with Crippen LogP contribution in [0, 0.1) is 11.8 Å². The van der Waals surface area contributed by atoms with E-state index in [-0.39, 0.29) is 22.3 Å². The maximum atomic E-state index is 10.8. The Kier molecular flexibility index (Phi) is 5.37. The van der Waals surface area contributed by atoms with Crippen molar-refractivity contribution in [1.82, 2.24) is 0 Å². The Morgan fingerprint density at radius 2 is 1.00 bits per heavy atom. The van der Waals surface area contributed by atoms with Crippen molar-refractivity contribution in [3.8, 4) is 0 Å². The normalized spacial score (nSPS) is 26.8. The summed E-state index contributed by atoms with van der Waals surface area (Å²) in [6.45, 7) is 0. The molecular formula is C20H18Cl2O2. The third-order valence-corrected chi connectivity index (χ3v) is 5.18. The van der Waals surface area contributed by atoms with E-state index in [1.54, 1.807) is 0 Å². The summed E-state index contributed by atoms with van der Waals surface area (Å²) >= 11 is 10.8. The van der Waals surface area contributed by atoms with Gasteiger partial charge in [0.2, 0.25) is 10.5 Å². The van der Waals surface area contributed by atoms with Crippen LogP contribution in [0.2, 0.25) is 0 Å². The number of hydrogen-bond donors (Lipinski definition) is 0. The molecule has 4 heteroatoms. The Labute approximate surface area is 151 Å². The third-order valence-electron chi connectivity index (χ3n) is 4.62. The molecule has 2 nitrogen and oxygen atoms in total. The SMILES string of the molecule is O=C(Cl)[C@@H]1C[C@H]1c1ccccc1.O=C(Cl)[C@H]1C[C@@H]1c1ccccc1. The van der Waals surface area contributed by atoms with Crippen molar-refractivity contribution in [3.63, 3.8) is 0 Å². The minimum atomic E-state index is -0.191. The summed E-state index contributed by atoms with van der Waals surface area (Å²) in [5.41, 5.74) is 2.47. The minimum Gasteiger partial charge on any atom is -0.281 e. The second-order valence-electron chi connectivity index (χ2n) is 6.33. The first-order valence-electron chi connectivity index (χ1n) is 8.06. The molecule has 0 N–H and O–H groups in total. The number of hydrogen-bond acceptors (Lipinski definition) is 2. The Bertz CT molecular complexity index is 651. The summed E-state index contributed by atoms with van der Waals surface area (Å²) in [6.07, 6.45) is 1.85. The van der Waals surface area contributed by atoms with E-state index >= 15 is 0 Å². The van der Waals surface area contributed by atoms with Gasteiger partial charge in [0.25, 0.3) is 0 Å². The van der Waals surface area contributed by atoms with E-state index in [9.17, 15) is 9.59 Å². The molecule has 2 aromatic rings. The lowest BCUT2D eigenvalue weighted by atomic mass is 10.1. The van der Waals surface area contributed by atoms with Crippen molar-refractivity contribution < 1.29 is 9.59 Å². The van der Waals surface area contributed by atoms with Gasteiger partial charge in [-0.1, -0.05) is 60.7 Å². The van der Waals surface area contributed by atoms with Crippen LogP contribution in [0.15, 0.2) is 60.7 Å². The molecule has 4 rings (SSSR count). The molecule has 0 bridgehead atoms. The summed E-state index contributed by atoms with van der Waals surface area (Å²) in [5, 5.41) is -0.382. The maximum absolute atomic E-state index is 10.8. The summed E-state index contributed by atoms with van der Waals surface area (Å²) in [6, 6.07) is 20.1. The van der Waals surface area contributed by atoms with Crippen molar-refractivity contribution in [1.29, 1.82) is 0 Å². The lowest BCUT2D eigenvalue weighted by Crippen LogP contribution is -1.90. The average Bonchev–Trinajstić information content (AvgIpc) is 3.49. The van der Waals surface area contributed by atoms with Crippen molar-refractivity contribution >= 4 is 33.7 Å². The van der Waals surface area contributed by atoms with E-state index in [4.69, 9.17) is 23.2 Å². The molecule has 2 aliphatic carbocycles. The summed E-state index contributed by atoms with van der Waals surface area (Å²) in [5.74, 6) is 0.926. The monoisotopic (exact) mass is 360 g/mol. The Hall–Kier alpha value is -1.64. The van der Waals surface area contributed by atoms with Gasteiger partial charge in [0.1, 0.15) is 0 Å². The fourth-order valence-electron chi connectivity index (χ4n) is 3.03. The molecule has 0 aliphatic heterocycles. The number of halogens is 2. The van der Waals surface area contributed by atoms with Gasteiger partial charge in [0, 0.05) is 11.8 Å². The van der Waals surface area contributed by atoms with Gasteiger partial charge in [0.05, 0.1) is 0 Å². The summed E-state index contributed by atoms with van der Waals surface area (Å²) in [7, 11) is 0. The fourth-order valence-corrected chi connectivity index (χ4v) is 3.51. The first-order chi connectivity index (χ1) is 11.6. The van der Waals surface area contributed by atoms with Crippen molar-refractivity contribution in [2.24, 2.45) is 11.8 Å². The van der Waals surface area contributed by atoms with Gasteiger partial charge in [-0.25, -0.2) is 0 Å².